The predicted molar refractivity (Wildman–Crippen MR) is 92.9 cm³/mol. The maximum atomic E-state index is 11.2. The average molecular weight is 321 g/mol. The van der Waals surface area contributed by atoms with Crippen LogP contribution in [0.1, 0.15) is 78.6 Å². The minimum Gasteiger partial charge on any atom is -0.393 e. The number of hydrogen-bond acceptors (Lipinski definition) is 2. The zero-order valence-electron chi connectivity index (χ0n) is 15.3. The third-order valence-electron chi connectivity index (χ3n) is 9.26. The van der Waals surface area contributed by atoms with E-state index in [9.17, 15) is 10.2 Å². The summed E-state index contributed by atoms with van der Waals surface area (Å²) < 4.78 is 0. The van der Waals surface area contributed by atoms with Crippen molar-refractivity contribution < 1.29 is 10.2 Å². The van der Waals surface area contributed by atoms with Gasteiger partial charge in [-0.25, -0.2) is 0 Å². The van der Waals surface area contributed by atoms with Gasteiger partial charge in [-0.3, -0.25) is 0 Å². The fourth-order valence-electron chi connectivity index (χ4n) is 8.13. The highest BCUT2D eigenvalue weighted by molar-refractivity contribution is 5.11. The maximum Gasteiger partial charge on any atom is 0.0581 e. The largest absolute Gasteiger partial charge is 0.393 e. The average Bonchev–Trinajstić information content (AvgIpc) is 2.83. The molecule has 2 nitrogen and oxygen atoms in total. The van der Waals surface area contributed by atoms with Gasteiger partial charge in [0.15, 0.2) is 0 Å². The van der Waals surface area contributed by atoms with Gasteiger partial charge < -0.3 is 10.2 Å². The van der Waals surface area contributed by atoms with Crippen molar-refractivity contribution in [2.75, 3.05) is 0 Å². The molecule has 4 rings (SSSR count). The van der Waals surface area contributed by atoms with Gasteiger partial charge in [0.05, 0.1) is 12.2 Å². The third-order valence-corrected chi connectivity index (χ3v) is 9.26. The highest BCUT2D eigenvalue weighted by atomic mass is 16.3. The van der Waals surface area contributed by atoms with E-state index < -0.39 is 0 Å². The van der Waals surface area contributed by atoms with Gasteiger partial charge in [-0.15, -0.1) is 0 Å². The molecule has 0 aliphatic heterocycles. The van der Waals surface area contributed by atoms with Gasteiger partial charge >= 0.3 is 0 Å². The van der Waals surface area contributed by atoms with E-state index in [1.54, 1.807) is 0 Å². The summed E-state index contributed by atoms with van der Waals surface area (Å²) in [5, 5.41) is 21.4. The first kappa shape index (κ1) is 16.4. The Morgan fingerprint density at radius 3 is 2.48 bits per heavy atom. The fraction of sp³-hybridized carbons (Fsp3) is 1.00. The minimum absolute atomic E-state index is 0.0911. The van der Waals surface area contributed by atoms with Crippen LogP contribution in [0.4, 0.5) is 0 Å². The predicted octanol–water partition coefficient (Wildman–Crippen LogP) is 4.39. The van der Waals surface area contributed by atoms with Crippen molar-refractivity contribution in [3.05, 3.63) is 0 Å². The molecule has 9 atom stereocenters. The Balaban J connectivity index is 1.66. The van der Waals surface area contributed by atoms with Crippen LogP contribution in [0.2, 0.25) is 0 Å². The number of aliphatic hydroxyl groups is 2. The molecule has 4 aliphatic carbocycles. The van der Waals surface area contributed by atoms with E-state index in [2.05, 4.69) is 20.8 Å². The summed E-state index contributed by atoms with van der Waals surface area (Å²) in [5.74, 6) is 3.52. The van der Waals surface area contributed by atoms with Crippen LogP contribution in [0.25, 0.3) is 0 Å². The smallest absolute Gasteiger partial charge is 0.0581 e. The van der Waals surface area contributed by atoms with Gasteiger partial charge in [0, 0.05) is 0 Å². The van der Waals surface area contributed by atoms with Crippen LogP contribution >= 0.6 is 0 Å². The minimum atomic E-state index is -0.114. The van der Waals surface area contributed by atoms with Crippen molar-refractivity contribution in [3.8, 4) is 0 Å². The molecule has 0 saturated heterocycles. The van der Waals surface area contributed by atoms with E-state index in [4.69, 9.17) is 0 Å². The van der Waals surface area contributed by atoms with Gasteiger partial charge in [0.2, 0.25) is 0 Å². The van der Waals surface area contributed by atoms with Crippen molar-refractivity contribution in [1.82, 2.24) is 0 Å². The van der Waals surface area contributed by atoms with E-state index >= 15 is 0 Å². The van der Waals surface area contributed by atoms with Gasteiger partial charge in [0.1, 0.15) is 0 Å². The standard InChI is InChI=1S/C21H36O2/c1-4-13-6-8-17-16-7-5-14-11-15(22)9-10-20(14,2)19(16)18(23)12-21(13,17)3/h13-19,22-23H,4-12H2,1-3H3/t13-,14?,15-,16-,17-,18+,19+,20-,21+/m0/s1. The lowest BCUT2D eigenvalue weighted by molar-refractivity contribution is -0.177. The van der Waals surface area contributed by atoms with Crippen molar-refractivity contribution in [2.24, 2.45) is 40.4 Å². The molecule has 0 aromatic carbocycles. The molecule has 0 heterocycles. The van der Waals surface area contributed by atoms with E-state index in [1.165, 1.54) is 32.1 Å². The summed E-state index contributed by atoms with van der Waals surface area (Å²) in [7, 11) is 0. The Morgan fingerprint density at radius 2 is 1.74 bits per heavy atom. The van der Waals surface area contributed by atoms with E-state index in [1.807, 2.05) is 0 Å². The highest BCUT2D eigenvalue weighted by Gasteiger charge is 2.62. The van der Waals surface area contributed by atoms with Gasteiger partial charge in [-0.05, 0) is 91.8 Å². The molecule has 4 aliphatic rings. The fourth-order valence-corrected chi connectivity index (χ4v) is 8.13. The molecule has 0 spiro atoms. The normalized spacial score (nSPS) is 59.1. The molecule has 4 fully saturated rings. The first-order valence-electron chi connectivity index (χ1n) is 10.3. The maximum absolute atomic E-state index is 11.2. The molecule has 1 unspecified atom stereocenters. The van der Waals surface area contributed by atoms with Gasteiger partial charge in [-0.2, -0.15) is 0 Å². The molecular formula is C21H36O2. The Morgan fingerprint density at radius 1 is 0.957 bits per heavy atom. The van der Waals surface area contributed by atoms with E-state index in [0.29, 0.717) is 17.3 Å². The second-order valence-electron chi connectivity index (χ2n) is 9.96. The van der Waals surface area contributed by atoms with Gasteiger partial charge in [-0.1, -0.05) is 27.2 Å². The molecular weight excluding hydrogens is 284 g/mol. The van der Waals surface area contributed by atoms with Crippen LogP contribution in [0.3, 0.4) is 0 Å². The second kappa shape index (κ2) is 5.46. The zero-order valence-corrected chi connectivity index (χ0v) is 15.3. The molecule has 0 aromatic heterocycles. The number of fused-ring (bicyclic) bond motifs is 5. The second-order valence-corrected chi connectivity index (χ2v) is 9.96. The topological polar surface area (TPSA) is 40.5 Å². The van der Waals surface area contributed by atoms with Crippen molar-refractivity contribution in [2.45, 2.75) is 90.8 Å². The first-order valence-corrected chi connectivity index (χ1v) is 10.3. The Hall–Kier alpha value is -0.0800. The van der Waals surface area contributed by atoms with Crippen LogP contribution in [0.15, 0.2) is 0 Å². The van der Waals surface area contributed by atoms with Crippen LogP contribution < -0.4 is 0 Å². The molecule has 2 heteroatoms. The van der Waals surface area contributed by atoms with Crippen LogP contribution in [-0.4, -0.2) is 22.4 Å². The Kier molecular flexibility index (Phi) is 3.89. The molecule has 0 bridgehead atoms. The summed E-state index contributed by atoms with van der Waals surface area (Å²) >= 11 is 0. The van der Waals surface area contributed by atoms with Crippen LogP contribution in [-0.2, 0) is 0 Å². The molecule has 132 valence electrons. The van der Waals surface area contributed by atoms with Crippen molar-refractivity contribution in [3.63, 3.8) is 0 Å². The monoisotopic (exact) mass is 320 g/mol. The molecule has 4 saturated carbocycles. The molecule has 23 heavy (non-hydrogen) atoms. The summed E-state index contributed by atoms with van der Waals surface area (Å²) in [6, 6.07) is 0. The first-order chi connectivity index (χ1) is 10.9. The quantitative estimate of drug-likeness (QED) is 0.752. The van der Waals surface area contributed by atoms with Crippen LogP contribution in [0, 0.1) is 40.4 Å². The molecule has 0 amide bonds. The number of hydrogen-bond donors (Lipinski definition) is 2. The highest BCUT2D eigenvalue weighted by Crippen LogP contribution is 2.67. The molecule has 0 radical (unpaired) electrons. The Labute approximate surface area is 142 Å². The summed E-state index contributed by atoms with van der Waals surface area (Å²) in [6.07, 6.45) is 10.5. The lowest BCUT2D eigenvalue weighted by Crippen LogP contribution is -2.59. The lowest BCUT2D eigenvalue weighted by atomic mass is 9.44. The van der Waals surface area contributed by atoms with Crippen molar-refractivity contribution >= 4 is 0 Å². The van der Waals surface area contributed by atoms with E-state index in [0.717, 1.165) is 43.4 Å². The third kappa shape index (κ3) is 2.20. The molecule has 2 N–H and O–H groups in total. The van der Waals surface area contributed by atoms with Crippen LogP contribution in [0.5, 0.6) is 0 Å². The van der Waals surface area contributed by atoms with Gasteiger partial charge in [0.25, 0.3) is 0 Å². The van der Waals surface area contributed by atoms with E-state index in [-0.39, 0.29) is 17.6 Å². The lowest BCUT2D eigenvalue weighted by Gasteiger charge is -2.62. The summed E-state index contributed by atoms with van der Waals surface area (Å²) in [4.78, 5) is 0. The van der Waals surface area contributed by atoms with Crippen molar-refractivity contribution in [1.29, 1.82) is 0 Å². The molecule has 0 aromatic rings. The Bertz CT molecular complexity index is 463. The summed E-state index contributed by atoms with van der Waals surface area (Å²) in [5.41, 5.74) is 0.653. The number of rotatable bonds is 1. The zero-order chi connectivity index (χ0) is 16.4. The summed E-state index contributed by atoms with van der Waals surface area (Å²) in [6.45, 7) is 7.30. The number of aliphatic hydroxyl groups excluding tert-OH is 2. The SMILES string of the molecule is CC[C@H]1CC[C@H]2[C@@H]3CCC4C[C@@H](O)CC[C@]4(C)[C@H]3[C@H](O)C[C@]12C.